The van der Waals surface area contributed by atoms with Gasteiger partial charge in [-0.1, -0.05) is 0 Å². The summed E-state index contributed by atoms with van der Waals surface area (Å²) in [7, 11) is 0. The lowest BCUT2D eigenvalue weighted by atomic mass is 10.00. The lowest BCUT2D eigenvalue weighted by Crippen LogP contribution is -2.42. The van der Waals surface area contributed by atoms with Gasteiger partial charge in [-0.25, -0.2) is 9.38 Å². The van der Waals surface area contributed by atoms with E-state index >= 15 is 0 Å². The molecule has 0 fully saturated rings. The number of benzene rings is 1. The standard InChI is InChI=1S/C19H26FN3O2S.HI/c1-4-21-18(23-13-19(3,24)15-9-10-26-12-15)22-11-14(2)25-17-7-5-16(20)6-8-17;/h5-10,12,14,24H,4,11,13H2,1-3H3,(H2,21,22,23);1H. The first-order chi connectivity index (χ1) is 12.4. The molecule has 1 aromatic carbocycles. The number of aliphatic hydroxyl groups is 1. The number of aliphatic imine (C=N–C) groups is 1. The second-order valence-corrected chi connectivity index (χ2v) is 7.02. The summed E-state index contributed by atoms with van der Waals surface area (Å²) in [5.74, 6) is 0.933. The second-order valence-electron chi connectivity index (χ2n) is 6.24. The Bertz CT molecular complexity index is 693. The van der Waals surface area contributed by atoms with Gasteiger partial charge in [-0.05, 0) is 67.4 Å². The minimum Gasteiger partial charge on any atom is -0.489 e. The van der Waals surface area contributed by atoms with Gasteiger partial charge >= 0.3 is 0 Å². The zero-order valence-electron chi connectivity index (χ0n) is 15.7. The van der Waals surface area contributed by atoms with E-state index in [1.165, 1.54) is 12.1 Å². The molecule has 1 heterocycles. The maximum Gasteiger partial charge on any atom is 0.191 e. The summed E-state index contributed by atoms with van der Waals surface area (Å²) < 4.78 is 18.7. The van der Waals surface area contributed by atoms with Gasteiger partial charge in [0.05, 0.1) is 13.1 Å². The number of nitrogens with one attached hydrogen (secondary N) is 2. The van der Waals surface area contributed by atoms with E-state index in [-0.39, 0.29) is 42.4 Å². The van der Waals surface area contributed by atoms with Crippen molar-refractivity contribution in [2.45, 2.75) is 32.5 Å². The van der Waals surface area contributed by atoms with Gasteiger partial charge in [0.2, 0.25) is 0 Å². The minimum absolute atomic E-state index is 0. The van der Waals surface area contributed by atoms with Gasteiger partial charge in [-0.2, -0.15) is 11.3 Å². The van der Waals surface area contributed by atoms with Crippen molar-refractivity contribution in [1.29, 1.82) is 0 Å². The van der Waals surface area contributed by atoms with Gasteiger partial charge in [-0.15, -0.1) is 24.0 Å². The summed E-state index contributed by atoms with van der Waals surface area (Å²) in [6, 6.07) is 7.84. The lowest BCUT2D eigenvalue weighted by molar-refractivity contribution is 0.0677. The van der Waals surface area contributed by atoms with E-state index in [0.29, 0.717) is 24.8 Å². The quantitative estimate of drug-likeness (QED) is 0.290. The van der Waals surface area contributed by atoms with Crippen LogP contribution in [0.5, 0.6) is 5.75 Å². The highest BCUT2D eigenvalue weighted by molar-refractivity contribution is 14.0. The van der Waals surface area contributed by atoms with Crippen LogP contribution in [-0.4, -0.2) is 36.8 Å². The Kier molecular flexibility index (Phi) is 10.0. The van der Waals surface area contributed by atoms with Gasteiger partial charge in [0, 0.05) is 6.54 Å². The fraction of sp³-hybridized carbons (Fsp3) is 0.421. The number of ether oxygens (including phenoxy) is 1. The molecular weight excluding hydrogens is 480 g/mol. The van der Waals surface area contributed by atoms with Gasteiger partial charge < -0.3 is 20.5 Å². The maximum atomic E-state index is 12.9. The number of rotatable bonds is 8. The van der Waals surface area contributed by atoms with E-state index in [9.17, 15) is 9.50 Å². The molecule has 0 aliphatic carbocycles. The molecule has 2 rings (SSSR count). The molecule has 2 aromatic rings. The Morgan fingerprint density at radius 2 is 2.00 bits per heavy atom. The number of nitrogens with zero attached hydrogens (tertiary/aromatic N) is 1. The van der Waals surface area contributed by atoms with Crippen LogP contribution < -0.4 is 15.4 Å². The zero-order valence-corrected chi connectivity index (χ0v) is 18.9. The third-order valence-corrected chi connectivity index (χ3v) is 4.42. The first-order valence-electron chi connectivity index (χ1n) is 8.60. The summed E-state index contributed by atoms with van der Waals surface area (Å²) in [6.45, 7) is 7.12. The highest BCUT2D eigenvalue weighted by Gasteiger charge is 2.23. The van der Waals surface area contributed by atoms with Crippen LogP contribution in [0.15, 0.2) is 46.1 Å². The smallest absolute Gasteiger partial charge is 0.191 e. The third kappa shape index (κ3) is 8.02. The number of halogens is 2. The SMILES string of the molecule is CCNC(=NCC(C)(O)c1ccsc1)NCC(C)Oc1ccc(F)cc1.I. The molecule has 3 N–H and O–H groups in total. The Hall–Kier alpha value is -1.39. The molecule has 5 nitrogen and oxygen atoms in total. The van der Waals surface area contributed by atoms with E-state index in [2.05, 4.69) is 15.6 Å². The summed E-state index contributed by atoms with van der Waals surface area (Å²) in [5, 5.41) is 20.8. The Balaban J connectivity index is 0.00000364. The van der Waals surface area contributed by atoms with Gasteiger partial charge in [0.1, 0.15) is 23.3 Å². The number of hydrogen-bond acceptors (Lipinski definition) is 4. The Morgan fingerprint density at radius 3 is 2.59 bits per heavy atom. The van der Waals surface area contributed by atoms with Crippen LogP contribution in [0, 0.1) is 5.82 Å². The fourth-order valence-electron chi connectivity index (χ4n) is 2.26. The minimum atomic E-state index is -1.02. The Morgan fingerprint density at radius 1 is 1.30 bits per heavy atom. The first-order valence-corrected chi connectivity index (χ1v) is 9.54. The van der Waals surface area contributed by atoms with Crippen LogP contribution in [0.25, 0.3) is 0 Å². The first kappa shape index (κ1) is 23.6. The normalized spacial score (nSPS) is 14.6. The lowest BCUT2D eigenvalue weighted by Gasteiger charge is -2.22. The van der Waals surface area contributed by atoms with Crippen molar-refractivity contribution in [2.24, 2.45) is 4.99 Å². The molecule has 0 aliphatic rings. The predicted octanol–water partition coefficient (Wildman–Crippen LogP) is 3.74. The Labute approximate surface area is 181 Å². The predicted molar refractivity (Wildman–Crippen MR) is 120 cm³/mol. The molecule has 0 spiro atoms. The van der Waals surface area contributed by atoms with Crippen molar-refractivity contribution < 1.29 is 14.2 Å². The highest BCUT2D eigenvalue weighted by Crippen LogP contribution is 2.23. The molecule has 0 radical (unpaired) electrons. The van der Waals surface area contributed by atoms with Crippen LogP contribution in [0.2, 0.25) is 0 Å². The molecule has 0 amide bonds. The monoisotopic (exact) mass is 507 g/mol. The highest BCUT2D eigenvalue weighted by atomic mass is 127. The van der Waals surface area contributed by atoms with Crippen LogP contribution in [0.3, 0.4) is 0 Å². The number of guanidine groups is 1. The summed E-state index contributed by atoms with van der Waals surface area (Å²) in [5.41, 5.74) is -0.159. The average Bonchev–Trinajstić information content (AvgIpc) is 3.15. The fourth-order valence-corrected chi connectivity index (χ4v) is 3.05. The van der Waals surface area contributed by atoms with E-state index < -0.39 is 5.60 Å². The van der Waals surface area contributed by atoms with E-state index in [1.807, 2.05) is 30.7 Å². The molecule has 2 atom stereocenters. The van der Waals surface area contributed by atoms with Crippen molar-refractivity contribution in [2.75, 3.05) is 19.6 Å². The van der Waals surface area contributed by atoms with Crippen LogP contribution >= 0.6 is 35.3 Å². The van der Waals surface area contributed by atoms with Gasteiger partial charge in [0.25, 0.3) is 0 Å². The van der Waals surface area contributed by atoms with Crippen molar-refractivity contribution in [3.05, 3.63) is 52.5 Å². The van der Waals surface area contributed by atoms with Crippen LogP contribution in [-0.2, 0) is 5.60 Å². The average molecular weight is 507 g/mol. The molecule has 2 unspecified atom stereocenters. The van der Waals surface area contributed by atoms with Crippen LogP contribution in [0.4, 0.5) is 4.39 Å². The topological polar surface area (TPSA) is 65.9 Å². The van der Waals surface area contributed by atoms with Gasteiger partial charge in [0.15, 0.2) is 5.96 Å². The third-order valence-electron chi connectivity index (χ3n) is 3.74. The van der Waals surface area contributed by atoms with Crippen LogP contribution in [0.1, 0.15) is 26.3 Å². The van der Waals surface area contributed by atoms with Gasteiger partial charge in [-0.3, -0.25) is 0 Å². The van der Waals surface area contributed by atoms with Crippen molar-refractivity contribution >= 4 is 41.3 Å². The molecule has 0 bridgehead atoms. The summed E-state index contributed by atoms with van der Waals surface area (Å²) in [6.07, 6.45) is -0.137. The van der Waals surface area contributed by atoms with Crippen molar-refractivity contribution in [3.8, 4) is 5.75 Å². The molecule has 1 aromatic heterocycles. The number of thiophene rings is 1. The largest absolute Gasteiger partial charge is 0.489 e. The van der Waals surface area contributed by atoms with E-state index in [4.69, 9.17) is 4.74 Å². The molecular formula is C19H27FIN3O2S. The van der Waals surface area contributed by atoms with Crippen molar-refractivity contribution in [3.63, 3.8) is 0 Å². The van der Waals surface area contributed by atoms with E-state index in [1.54, 1.807) is 30.4 Å². The molecule has 8 heteroatoms. The summed E-state index contributed by atoms with van der Waals surface area (Å²) >= 11 is 1.55. The molecule has 27 heavy (non-hydrogen) atoms. The number of hydrogen-bond donors (Lipinski definition) is 3. The zero-order chi connectivity index (χ0) is 19.0. The molecule has 0 saturated carbocycles. The second kappa shape index (κ2) is 11.5. The molecule has 0 saturated heterocycles. The summed E-state index contributed by atoms with van der Waals surface area (Å²) in [4.78, 5) is 4.48. The van der Waals surface area contributed by atoms with Crippen molar-refractivity contribution in [1.82, 2.24) is 10.6 Å². The maximum absolute atomic E-state index is 12.9. The molecule has 150 valence electrons. The van der Waals surface area contributed by atoms with E-state index in [0.717, 1.165) is 5.56 Å². The molecule has 0 aliphatic heterocycles.